The first kappa shape index (κ1) is 17.4. The molecule has 2 heterocycles. The van der Waals surface area contributed by atoms with Crippen LogP contribution < -0.4 is 15.1 Å². The lowest BCUT2D eigenvalue weighted by molar-refractivity contribution is -0.140. The Balaban J connectivity index is 1.94. The number of amides is 1. The Kier molecular flexibility index (Phi) is 4.76. The Labute approximate surface area is 145 Å². The van der Waals surface area contributed by atoms with E-state index < -0.39 is 18.5 Å². The van der Waals surface area contributed by atoms with Crippen molar-refractivity contribution in [3.05, 3.63) is 35.5 Å². The van der Waals surface area contributed by atoms with Crippen LogP contribution in [0.15, 0.2) is 30.0 Å². The molecule has 2 unspecified atom stereocenters. The number of rotatable bonds is 3. The second-order valence-electron chi connectivity index (χ2n) is 5.92. The van der Waals surface area contributed by atoms with E-state index in [1.54, 1.807) is 31.0 Å². The number of fused-ring (bicyclic) bond motifs is 1. The molecule has 2 atom stereocenters. The molecule has 1 aromatic carbocycles. The normalized spacial score (nSPS) is 23.2. The van der Waals surface area contributed by atoms with Crippen LogP contribution >= 0.6 is 0 Å². The third-order valence-electron chi connectivity index (χ3n) is 4.36. The van der Waals surface area contributed by atoms with Crippen molar-refractivity contribution in [1.82, 2.24) is 5.32 Å². The number of nitrogens with one attached hydrogen (secondary N) is 1. The highest BCUT2D eigenvalue weighted by Crippen LogP contribution is 2.32. The van der Waals surface area contributed by atoms with Gasteiger partial charge in [-0.05, 0) is 37.1 Å². The molecular formula is C17H21N3O5. The van der Waals surface area contributed by atoms with Gasteiger partial charge in [0.25, 0.3) is 0 Å². The predicted octanol–water partition coefficient (Wildman–Crippen LogP) is 0.0465. The zero-order valence-electron chi connectivity index (χ0n) is 14.1. The molecule has 8 heteroatoms. The minimum absolute atomic E-state index is 0.0113. The number of ether oxygens (including phenoxy) is 1. The summed E-state index contributed by atoms with van der Waals surface area (Å²) in [5.41, 5.74) is 2.45. The number of benzene rings is 1. The van der Waals surface area contributed by atoms with Gasteiger partial charge in [0, 0.05) is 31.0 Å². The molecule has 0 saturated carbocycles. The summed E-state index contributed by atoms with van der Waals surface area (Å²) in [4.78, 5) is 26.8. The van der Waals surface area contributed by atoms with E-state index in [0.717, 1.165) is 11.3 Å². The first-order chi connectivity index (χ1) is 11.9. The van der Waals surface area contributed by atoms with E-state index in [1.165, 1.54) is 11.1 Å². The molecule has 3 N–H and O–H groups in total. The summed E-state index contributed by atoms with van der Waals surface area (Å²) >= 11 is 0. The Morgan fingerprint density at radius 1 is 1.36 bits per heavy atom. The lowest BCUT2D eigenvalue weighted by atomic mass is 10.0. The number of hydrogen-bond donors (Lipinski definition) is 3. The molecule has 1 amide bonds. The molecule has 8 nitrogen and oxygen atoms in total. The summed E-state index contributed by atoms with van der Waals surface area (Å²) in [6, 6.07) is 5.41. The number of carbonyl (C=O) groups is 2. The molecule has 0 aromatic heterocycles. The largest absolute Gasteiger partial charge is 0.462 e. The van der Waals surface area contributed by atoms with Crippen molar-refractivity contribution in [2.45, 2.75) is 32.3 Å². The van der Waals surface area contributed by atoms with Crippen LogP contribution in [0.1, 0.15) is 18.9 Å². The Morgan fingerprint density at radius 2 is 2.12 bits per heavy atom. The SMILES string of the molecule is CCOC(=O)C1=CN(c2ccc3c(c2)CCC(=O)N3C)C(O)NC1O. The number of esters is 1. The van der Waals surface area contributed by atoms with Gasteiger partial charge in [-0.2, -0.15) is 0 Å². The van der Waals surface area contributed by atoms with Gasteiger partial charge >= 0.3 is 5.97 Å². The van der Waals surface area contributed by atoms with Gasteiger partial charge in [0.15, 0.2) is 6.35 Å². The van der Waals surface area contributed by atoms with Crippen LogP contribution in [-0.2, 0) is 20.7 Å². The van der Waals surface area contributed by atoms with E-state index in [0.29, 0.717) is 18.5 Å². The van der Waals surface area contributed by atoms with E-state index >= 15 is 0 Å². The third-order valence-corrected chi connectivity index (χ3v) is 4.36. The number of aliphatic hydroxyl groups excluding tert-OH is 2. The van der Waals surface area contributed by atoms with Gasteiger partial charge in [0.2, 0.25) is 5.91 Å². The summed E-state index contributed by atoms with van der Waals surface area (Å²) in [5.74, 6) is -0.588. The monoisotopic (exact) mass is 347 g/mol. The van der Waals surface area contributed by atoms with Gasteiger partial charge < -0.3 is 24.7 Å². The van der Waals surface area contributed by atoms with Gasteiger partial charge in [-0.25, -0.2) is 10.1 Å². The van der Waals surface area contributed by atoms with Crippen LogP contribution in [0.5, 0.6) is 0 Å². The zero-order valence-corrected chi connectivity index (χ0v) is 14.1. The van der Waals surface area contributed by atoms with E-state index in [9.17, 15) is 19.8 Å². The number of carbonyl (C=O) groups excluding carboxylic acids is 2. The first-order valence-electron chi connectivity index (χ1n) is 8.11. The van der Waals surface area contributed by atoms with Crippen molar-refractivity contribution in [3.8, 4) is 0 Å². The van der Waals surface area contributed by atoms with Gasteiger partial charge in [-0.3, -0.25) is 4.79 Å². The van der Waals surface area contributed by atoms with Crippen LogP contribution in [0.25, 0.3) is 0 Å². The van der Waals surface area contributed by atoms with Gasteiger partial charge in [-0.15, -0.1) is 0 Å². The first-order valence-corrected chi connectivity index (χ1v) is 8.11. The lowest BCUT2D eigenvalue weighted by Crippen LogP contribution is -2.54. The molecule has 25 heavy (non-hydrogen) atoms. The van der Waals surface area contributed by atoms with Crippen molar-refractivity contribution < 1.29 is 24.5 Å². The highest BCUT2D eigenvalue weighted by molar-refractivity contribution is 5.96. The van der Waals surface area contributed by atoms with Gasteiger partial charge in [0.1, 0.15) is 6.23 Å². The summed E-state index contributed by atoms with van der Waals surface area (Å²) in [6.45, 7) is 1.86. The lowest BCUT2D eigenvalue weighted by Gasteiger charge is -2.35. The maximum Gasteiger partial charge on any atom is 0.339 e. The smallest absolute Gasteiger partial charge is 0.339 e. The minimum Gasteiger partial charge on any atom is -0.462 e. The van der Waals surface area contributed by atoms with Crippen LogP contribution in [0.3, 0.4) is 0 Å². The highest BCUT2D eigenvalue weighted by atomic mass is 16.5. The van der Waals surface area contributed by atoms with Crippen molar-refractivity contribution in [2.75, 3.05) is 23.5 Å². The molecule has 1 aromatic rings. The van der Waals surface area contributed by atoms with Crippen LogP contribution in [-0.4, -0.2) is 48.3 Å². The average Bonchev–Trinajstić information content (AvgIpc) is 2.58. The average molecular weight is 347 g/mol. The van der Waals surface area contributed by atoms with Crippen LogP contribution in [0, 0.1) is 0 Å². The van der Waals surface area contributed by atoms with Crippen molar-refractivity contribution in [1.29, 1.82) is 0 Å². The number of anilines is 2. The summed E-state index contributed by atoms with van der Waals surface area (Å²) in [6.07, 6.45) is -0.0960. The maximum absolute atomic E-state index is 12.0. The Bertz CT molecular complexity index is 733. The van der Waals surface area contributed by atoms with Gasteiger partial charge in [-0.1, -0.05) is 0 Å². The second kappa shape index (κ2) is 6.83. The number of nitrogens with zero attached hydrogens (tertiary/aromatic N) is 2. The van der Waals surface area contributed by atoms with Crippen molar-refractivity contribution >= 4 is 23.3 Å². The molecule has 0 saturated heterocycles. The number of hydrogen-bond acceptors (Lipinski definition) is 7. The molecule has 0 spiro atoms. The number of aryl methyl sites for hydroxylation is 1. The minimum atomic E-state index is -1.31. The molecule has 0 bridgehead atoms. The van der Waals surface area contributed by atoms with Crippen molar-refractivity contribution in [2.24, 2.45) is 0 Å². The summed E-state index contributed by atoms with van der Waals surface area (Å²) in [5, 5.41) is 22.7. The van der Waals surface area contributed by atoms with Gasteiger partial charge in [0.05, 0.1) is 12.2 Å². The zero-order chi connectivity index (χ0) is 18.1. The molecule has 0 fully saturated rings. The molecule has 2 aliphatic rings. The topological polar surface area (TPSA) is 102 Å². The molecule has 134 valence electrons. The highest BCUT2D eigenvalue weighted by Gasteiger charge is 2.31. The van der Waals surface area contributed by atoms with E-state index in [-0.39, 0.29) is 18.1 Å². The molecule has 0 aliphatic carbocycles. The fraction of sp³-hybridized carbons (Fsp3) is 0.412. The maximum atomic E-state index is 12.0. The quantitative estimate of drug-likeness (QED) is 0.664. The number of aliphatic hydroxyl groups is 2. The van der Waals surface area contributed by atoms with Crippen LogP contribution in [0.2, 0.25) is 0 Å². The molecular weight excluding hydrogens is 326 g/mol. The molecule has 2 aliphatic heterocycles. The fourth-order valence-electron chi connectivity index (χ4n) is 3.00. The predicted molar refractivity (Wildman–Crippen MR) is 90.5 cm³/mol. The summed E-state index contributed by atoms with van der Waals surface area (Å²) in [7, 11) is 1.73. The molecule has 0 radical (unpaired) electrons. The van der Waals surface area contributed by atoms with E-state index in [4.69, 9.17) is 4.74 Å². The third kappa shape index (κ3) is 3.23. The standard InChI is InChI=1S/C17H21N3O5/c1-3-25-16(23)12-9-20(17(24)18-15(12)22)11-5-6-13-10(8-11)4-7-14(21)19(13)2/h5-6,8-9,15,17-18,22,24H,3-4,7H2,1-2H3. The Hall–Kier alpha value is -2.42. The van der Waals surface area contributed by atoms with E-state index in [1.807, 2.05) is 6.07 Å². The van der Waals surface area contributed by atoms with Crippen molar-refractivity contribution in [3.63, 3.8) is 0 Å². The molecule has 3 rings (SSSR count). The Morgan fingerprint density at radius 3 is 2.84 bits per heavy atom. The second-order valence-corrected chi connectivity index (χ2v) is 5.92. The fourth-order valence-corrected chi connectivity index (χ4v) is 3.00. The summed E-state index contributed by atoms with van der Waals surface area (Å²) < 4.78 is 4.93. The van der Waals surface area contributed by atoms with Crippen LogP contribution in [0.4, 0.5) is 11.4 Å². The van der Waals surface area contributed by atoms with E-state index in [2.05, 4.69) is 5.32 Å².